The Labute approximate surface area is 569 Å². The zero-order valence-electron chi connectivity index (χ0n) is 45.5. The van der Waals surface area contributed by atoms with Crippen molar-refractivity contribution in [2.45, 2.75) is 42.5 Å². The second-order valence-corrected chi connectivity index (χ2v) is 18.3. The van der Waals surface area contributed by atoms with Crippen LogP contribution in [0.5, 0.6) is 0 Å². The van der Waals surface area contributed by atoms with E-state index in [4.69, 9.17) is 40.9 Å². The molecule has 8 rings (SSSR count). The van der Waals surface area contributed by atoms with Crippen molar-refractivity contribution in [3.05, 3.63) is 199 Å². The number of aromatic carboxylic acids is 1. The van der Waals surface area contributed by atoms with Gasteiger partial charge in [0.05, 0.1) is 66.2 Å². The van der Waals surface area contributed by atoms with Crippen LogP contribution in [0.2, 0.25) is 0 Å². The molecule has 465 valence electrons. The van der Waals surface area contributed by atoms with Crippen molar-refractivity contribution < 1.29 is 129 Å². The van der Waals surface area contributed by atoms with Crippen LogP contribution in [0.3, 0.4) is 0 Å². The van der Waals surface area contributed by atoms with Crippen LogP contribution in [-0.4, -0.2) is 89.2 Å². The molecule has 0 atom stereocenters. The molecule has 0 aliphatic rings. The molecule has 0 aliphatic carbocycles. The third-order valence-corrected chi connectivity index (χ3v) is 12.1. The number of carbonyl (C=O) groups is 6. The van der Waals surface area contributed by atoms with Crippen LogP contribution in [0.25, 0.3) is 59.7 Å². The van der Waals surface area contributed by atoms with Crippen LogP contribution in [0.15, 0.2) is 120 Å². The number of benzene rings is 5. The van der Waals surface area contributed by atoms with Gasteiger partial charge in [0.1, 0.15) is 58.4 Å². The molecule has 22 nitrogen and oxygen atoms in total. The van der Waals surface area contributed by atoms with Crippen molar-refractivity contribution in [2.75, 3.05) is 33.0 Å². The van der Waals surface area contributed by atoms with Crippen molar-refractivity contribution in [3.63, 3.8) is 0 Å². The molecule has 0 unspecified atom stereocenters. The Balaban J connectivity index is 0. The van der Waals surface area contributed by atoms with Gasteiger partial charge >= 0.3 is 29.8 Å². The van der Waals surface area contributed by atoms with Gasteiger partial charge < -0.3 is 39.0 Å². The number of nitrogens with one attached hydrogen (secondary N) is 3. The molecule has 0 bridgehead atoms. The summed E-state index contributed by atoms with van der Waals surface area (Å²) in [6.45, 7) is 7.59. The van der Waals surface area contributed by atoms with E-state index in [0.717, 1.165) is 23.6 Å². The van der Waals surface area contributed by atoms with Gasteiger partial charge in [0.15, 0.2) is 6.29 Å². The first-order valence-corrected chi connectivity index (χ1v) is 26.3. The maximum atomic E-state index is 13.2. The first-order valence-electron chi connectivity index (χ1n) is 24.0. The van der Waals surface area contributed by atoms with Crippen LogP contribution >= 0.6 is 47.8 Å². The molecule has 3 aromatic heterocycles. The summed E-state index contributed by atoms with van der Waals surface area (Å²) in [5.41, 5.74) is 19.0. The number of rotatable bonds is 13. The van der Waals surface area contributed by atoms with E-state index >= 15 is 0 Å². The van der Waals surface area contributed by atoms with Crippen molar-refractivity contribution in [2.24, 2.45) is 10.2 Å². The number of carboxylic acid groups (broad SMARTS) is 1. The Hall–Kier alpha value is -8.04. The molecule has 8 aromatic rings. The third kappa shape index (κ3) is 26.7. The number of esters is 4. The number of aldehydes is 1. The van der Waals surface area contributed by atoms with Gasteiger partial charge in [-0.2, -0.15) is 10.5 Å². The summed E-state index contributed by atoms with van der Waals surface area (Å²) in [5, 5.41) is 34.2. The van der Waals surface area contributed by atoms with E-state index in [9.17, 15) is 50.7 Å². The Morgan fingerprint density at radius 1 is 0.584 bits per heavy atom. The van der Waals surface area contributed by atoms with Crippen LogP contribution in [0.4, 0.5) is 22.0 Å². The largest absolute Gasteiger partial charge is 0.477 e. The number of nitriles is 2. The van der Waals surface area contributed by atoms with E-state index in [-0.39, 0.29) is 128 Å². The zero-order chi connectivity index (χ0) is 63.3. The Kier molecular flexibility index (Phi) is 39.9. The van der Waals surface area contributed by atoms with Crippen molar-refractivity contribution in [3.8, 4) is 12.1 Å². The summed E-state index contributed by atoms with van der Waals surface area (Å²) in [4.78, 5) is 78.5. The molecular formula is C57H51Br3F5N11O11WY. The van der Waals surface area contributed by atoms with Gasteiger partial charge in [0, 0.05) is 98.7 Å². The zero-order valence-corrected chi connectivity index (χ0v) is 56.0. The number of fused-ring (bicyclic) bond motifs is 3. The molecule has 0 spiro atoms. The van der Waals surface area contributed by atoms with Gasteiger partial charge in [-0.05, 0) is 167 Å². The second kappa shape index (κ2) is 42.8. The summed E-state index contributed by atoms with van der Waals surface area (Å²) in [7, 11) is 0. The fourth-order valence-corrected chi connectivity index (χ4v) is 8.00. The topological polar surface area (TPSA) is 352 Å². The van der Waals surface area contributed by atoms with Crippen LogP contribution in [-0.2, 0) is 82.3 Å². The van der Waals surface area contributed by atoms with Gasteiger partial charge in [-0.25, -0.2) is 41.1 Å². The maximum Gasteiger partial charge on any atom is 0.354 e. The van der Waals surface area contributed by atoms with E-state index in [2.05, 4.69) is 87.5 Å². The molecule has 0 saturated carbocycles. The average Bonchev–Trinajstić information content (AvgIpc) is 2.01. The van der Waals surface area contributed by atoms with Crippen LogP contribution in [0, 0.1) is 51.7 Å². The van der Waals surface area contributed by atoms with E-state index in [1.165, 1.54) is 72.8 Å². The molecule has 1 radical (unpaired) electrons. The van der Waals surface area contributed by atoms with Gasteiger partial charge in [0.2, 0.25) is 0 Å². The van der Waals surface area contributed by atoms with E-state index in [0.29, 0.717) is 77.1 Å². The number of halogens is 8. The fourth-order valence-electron chi connectivity index (χ4n) is 6.54. The van der Waals surface area contributed by atoms with Gasteiger partial charge in [-0.15, -0.1) is 0 Å². The standard InChI is InChI=1S/C12H9FN2O2.C11H9BrFN3O2.C11H9BrFNO2.C10H5FN2O2.C7H4BrFO.C4H7N3O2.2CH4.W.Y/c1-2-17-12(16)11-5-9-7(6-14)3-8(13)4-10(9)15-11;1-2-18-11(17)10(15-16-14)5-7-3-4-8(13)6-9(7)12;1-2-16-11(15)10-5-7-8(12)3-6(13)4-9(7)14-10;11-6-1-5(4-12)7-3-9(10(14)15)13-8(7)2-6;8-7-3-6(9)2-1-5(7)4-10;1-2-9-4(8)3-6-7-5;;;;/h3-5,15H,2H2,1H3;3-6H,2H2,1H3;3-5,14H,2H2,1H3;1-3,13H,(H,14,15);1-4H;2-3H2,1H3;2*1H4;;/b;10-5-;;;;;;;;. The van der Waals surface area contributed by atoms with Crippen molar-refractivity contribution >= 4 is 123 Å². The minimum absolute atomic E-state index is 0. The minimum atomic E-state index is -1.14. The smallest absolute Gasteiger partial charge is 0.354 e. The number of aromatic nitrogens is 3. The van der Waals surface area contributed by atoms with E-state index in [1.54, 1.807) is 33.8 Å². The molecule has 0 aliphatic heterocycles. The second-order valence-electron chi connectivity index (χ2n) is 15.8. The quantitative estimate of drug-likeness (QED) is 0.0122. The van der Waals surface area contributed by atoms with Gasteiger partial charge in [0.25, 0.3) is 0 Å². The van der Waals surface area contributed by atoms with Crippen molar-refractivity contribution in [1.82, 2.24) is 15.0 Å². The number of hydrogen-bond acceptors (Lipinski definition) is 14. The molecule has 0 amide bonds. The minimum Gasteiger partial charge on any atom is -0.477 e. The predicted molar refractivity (Wildman–Crippen MR) is 322 cm³/mol. The Morgan fingerprint density at radius 2 is 0.989 bits per heavy atom. The maximum absolute atomic E-state index is 13.2. The molecule has 4 N–H and O–H groups in total. The molecule has 0 fully saturated rings. The molecular weight excluding hydrogens is 1620 g/mol. The normalized spacial score (nSPS) is 9.57. The number of hydrogen-bond donors (Lipinski definition) is 4. The molecule has 5 aromatic carbocycles. The SMILES string of the molecule is C.C.CCOC(=O)/C(=C/c1ccc(F)cc1Br)N=[N+]=[N-].CCOC(=O)CN=[N+]=[N-].CCOC(=O)c1cc2c(Br)cc(F)cc2[nH]1.CCOC(=O)c1cc2c(C#N)cc(F)cc2[nH]1.N#Cc1cc(F)cc2[nH]c(C(=O)O)cc12.O=Cc1ccc(F)cc1Br.[W].[Y]. The third-order valence-electron chi connectivity index (χ3n) is 10.1. The number of carboxylic acids is 1. The molecule has 3 heterocycles. The molecule has 32 heteroatoms. The Bertz CT molecular complexity index is 3990. The molecule has 89 heavy (non-hydrogen) atoms. The average molecular weight is 1670 g/mol. The predicted octanol–water partition coefficient (Wildman–Crippen LogP) is 15.8. The fraction of sp³-hybridized carbons (Fsp3) is 0.193. The monoisotopic (exact) mass is 1670 g/mol. The Morgan fingerprint density at radius 3 is 1.39 bits per heavy atom. The summed E-state index contributed by atoms with van der Waals surface area (Å²) in [5.74, 6) is -5.55. The number of aromatic amines is 3. The first kappa shape index (κ1) is 83.0. The van der Waals surface area contributed by atoms with Gasteiger partial charge in [-0.1, -0.05) is 47.1 Å². The van der Waals surface area contributed by atoms with E-state index < -0.39 is 47.3 Å². The number of carbonyl (C=O) groups excluding carboxylic acids is 5. The number of nitrogens with zero attached hydrogens (tertiary/aromatic N) is 8. The number of ether oxygens (including phenoxy) is 4. The first-order chi connectivity index (χ1) is 40.5. The number of H-pyrrole nitrogens is 3. The van der Waals surface area contributed by atoms with E-state index in [1.807, 2.05) is 12.1 Å². The summed E-state index contributed by atoms with van der Waals surface area (Å²) in [6, 6.07) is 23.3. The summed E-state index contributed by atoms with van der Waals surface area (Å²) < 4.78 is 84.8. The molecule has 0 saturated heterocycles. The summed E-state index contributed by atoms with van der Waals surface area (Å²) >= 11 is 9.42. The van der Waals surface area contributed by atoms with Crippen molar-refractivity contribution in [1.29, 1.82) is 10.5 Å². The number of azide groups is 2. The summed E-state index contributed by atoms with van der Waals surface area (Å²) in [6.07, 6.45) is 1.99. The van der Waals surface area contributed by atoms with Crippen LogP contribution in [0.1, 0.15) is 101 Å². The van der Waals surface area contributed by atoms with Crippen LogP contribution < -0.4 is 0 Å². The van der Waals surface area contributed by atoms with Gasteiger partial charge in [-0.3, -0.25) is 9.59 Å².